The number of aromatic nitrogens is 3. The Hall–Kier alpha value is -0.0951. The van der Waals surface area contributed by atoms with Crippen LogP contribution in [0.2, 0.25) is 6.30 Å². The van der Waals surface area contributed by atoms with Crippen LogP contribution in [0.4, 0.5) is 0 Å². The molecule has 0 aromatic carbocycles. The molecule has 1 atom stereocenters. The molecule has 14 heavy (non-hydrogen) atoms. The summed E-state index contributed by atoms with van der Waals surface area (Å²) >= 11 is 3.52. The molecule has 0 amide bonds. The molecule has 0 aliphatic heterocycles. The molecule has 3 nitrogen and oxygen atoms in total. The van der Waals surface area contributed by atoms with E-state index in [0.717, 1.165) is 17.2 Å². The second-order valence-electron chi connectivity index (χ2n) is 2.94. The zero-order chi connectivity index (χ0) is 11.3. The lowest BCUT2D eigenvalue weighted by Crippen LogP contribution is -2.04. The minimum Gasteiger partial charge on any atom is -0.249 e. The van der Waals surface area contributed by atoms with Crippen molar-refractivity contribution in [1.82, 2.24) is 15.0 Å². The molecule has 78 valence electrons. The van der Waals surface area contributed by atoms with Gasteiger partial charge in [-0.15, -0.1) is 5.10 Å². The summed E-state index contributed by atoms with van der Waals surface area (Å²) in [5.74, 6) is 1.83. The van der Waals surface area contributed by atoms with Crippen molar-refractivity contribution in [2.24, 2.45) is 0 Å². The topological polar surface area (TPSA) is 30.7 Å². The van der Waals surface area contributed by atoms with E-state index in [1.807, 2.05) is 12.5 Å². The third-order valence-electron chi connectivity index (χ3n) is 1.84. The third kappa shape index (κ3) is 2.95. The molecule has 0 aliphatic carbocycles. The average Bonchev–Trinajstić information content (AvgIpc) is 2.51. The Kier molecular flexibility index (Phi) is 4.77. The van der Waals surface area contributed by atoms with E-state index in [1.165, 1.54) is 5.69 Å². The van der Waals surface area contributed by atoms with Crippen molar-refractivity contribution in [2.75, 3.05) is 12.5 Å². The number of hydrogen-bond donors (Lipinski definition) is 0. The van der Waals surface area contributed by atoms with E-state index < -0.39 is 0 Å². The van der Waals surface area contributed by atoms with Crippen LogP contribution in [-0.4, -0.2) is 35.4 Å². The number of thioether (sulfide) groups is 2. The van der Waals surface area contributed by atoms with Crippen molar-refractivity contribution in [3.63, 3.8) is 0 Å². The van der Waals surface area contributed by atoms with Crippen molar-refractivity contribution in [2.45, 2.75) is 24.3 Å². The highest BCUT2D eigenvalue weighted by Gasteiger charge is 2.10. The minimum absolute atomic E-state index is 0.130. The van der Waals surface area contributed by atoms with Crippen LogP contribution in [0.25, 0.3) is 0 Å². The molecule has 0 spiro atoms. The van der Waals surface area contributed by atoms with E-state index in [9.17, 15) is 0 Å². The first-order chi connectivity index (χ1) is 7.19. The summed E-state index contributed by atoms with van der Waals surface area (Å²) in [6.07, 6.45) is 4.01. The molecule has 1 aromatic heterocycles. The van der Waals surface area contributed by atoms with Gasteiger partial charge in [0.25, 0.3) is 0 Å². The molecule has 1 aromatic rings. The van der Waals surface area contributed by atoms with Crippen molar-refractivity contribution in [1.29, 1.82) is 0 Å². The van der Waals surface area contributed by atoms with E-state index in [4.69, 9.17) is 1.37 Å². The Balaban J connectivity index is 2.84. The standard InChI is InChI=1S/C8H16BN3S2/c1-13-5-7-8(6-14-2)12(4-3-9)11-10-7/h3-6,9H2,1-2H3/i3D. The van der Waals surface area contributed by atoms with Gasteiger partial charge in [0.15, 0.2) is 0 Å². The van der Waals surface area contributed by atoms with Crippen molar-refractivity contribution < 1.29 is 1.37 Å². The van der Waals surface area contributed by atoms with Crippen LogP contribution in [0.5, 0.6) is 0 Å². The highest BCUT2D eigenvalue weighted by molar-refractivity contribution is 7.98. The molecule has 6 heteroatoms. The molecule has 0 saturated carbocycles. The van der Waals surface area contributed by atoms with Crippen LogP contribution in [0.15, 0.2) is 0 Å². The first-order valence-electron chi connectivity index (χ1n) is 5.08. The van der Waals surface area contributed by atoms with Gasteiger partial charge in [-0.25, -0.2) is 4.68 Å². The lowest BCUT2D eigenvalue weighted by atomic mass is 10.1. The van der Waals surface area contributed by atoms with E-state index in [0.29, 0.717) is 6.54 Å². The van der Waals surface area contributed by atoms with Crippen molar-refractivity contribution in [3.05, 3.63) is 11.4 Å². The Morgan fingerprint density at radius 1 is 1.43 bits per heavy atom. The first-order valence-corrected chi connectivity index (χ1v) is 7.29. The van der Waals surface area contributed by atoms with Crippen LogP contribution < -0.4 is 0 Å². The molecule has 0 N–H and O–H groups in total. The number of aryl methyl sites for hydroxylation is 1. The third-order valence-corrected chi connectivity index (χ3v) is 2.96. The fourth-order valence-electron chi connectivity index (χ4n) is 1.23. The van der Waals surface area contributed by atoms with Gasteiger partial charge in [0.1, 0.15) is 7.85 Å². The van der Waals surface area contributed by atoms with Gasteiger partial charge in [-0.3, -0.25) is 0 Å². The fourth-order valence-corrected chi connectivity index (χ4v) is 2.32. The molecule has 1 rings (SSSR count). The van der Waals surface area contributed by atoms with Gasteiger partial charge in [-0.2, -0.15) is 23.5 Å². The van der Waals surface area contributed by atoms with Gasteiger partial charge < -0.3 is 0 Å². The zero-order valence-electron chi connectivity index (χ0n) is 9.86. The number of rotatable bonds is 6. The quantitative estimate of drug-likeness (QED) is 0.683. The predicted molar refractivity (Wildman–Crippen MR) is 67.8 cm³/mol. The van der Waals surface area contributed by atoms with Gasteiger partial charge in [-0.1, -0.05) is 11.5 Å². The smallest absolute Gasteiger partial charge is 0.103 e. The maximum Gasteiger partial charge on any atom is 0.103 e. The Bertz CT molecular complexity index is 306. The largest absolute Gasteiger partial charge is 0.249 e. The second kappa shape index (κ2) is 6.40. The summed E-state index contributed by atoms with van der Waals surface area (Å²) < 4.78 is 9.43. The van der Waals surface area contributed by atoms with Crippen molar-refractivity contribution >= 4 is 31.4 Å². The van der Waals surface area contributed by atoms with E-state index in [-0.39, 0.29) is 6.30 Å². The van der Waals surface area contributed by atoms with Crippen LogP contribution >= 0.6 is 23.5 Å². The van der Waals surface area contributed by atoms with Crippen LogP contribution in [0.1, 0.15) is 12.8 Å². The molecule has 1 unspecified atom stereocenters. The Morgan fingerprint density at radius 3 is 2.71 bits per heavy atom. The molecule has 0 fully saturated rings. The molecular formula is C8H16BN3S2. The summed E-state index contributed by atoms with van der Waals surface area (Å²) in [5.41, 5.74) is 2.24. The van der Waals surface area contributed by atoms with Crippen molar-refractivity contribution in [3.8, 4) is 0 Å². The average molecular weight is 230 g/mol. The maximum atomic E-state index is 7.55. The lowest BCUT2D eigenvalue weighted by Gasteiger charge is -2.04. The Morgan fingerprint density at radius 2 is 2.14 bits per heavy atom. The molecule has 1 heterocycles. The normalized spacial score (nSPS) is 14.0. The minimum atomic E-state index is -0.130. The van der Waals surface area contributed by atoms with Gasteiger partial charge in [0, 0.05) is 19.4 Å². The summed E-state index contributed by atoms with van der Waals surface area (Å²) in [6, 6.07) is 0. The monoisotopic (exact) mass is 230 g/mol. The van der Waals surface area contributed by atoms with Gasteiger partial charge in [-0.05, 0) is 12.5 Å². The fraction of sp³-hybridized carbons (Fsp3) is 0.750. The maximum absolute atomic E-state index is 7.55. The molecule has 0 radical (unpaired) electrons. The number of nitrogens with zero attached hydrogens (tertiary/aromatic N) is 3. The second-order valence-corrected chi connectivity index (χ2v) is 4.67. The van der Waals surface area contributed by atoms with E-state index >= 15 is 0 Å². The first kappa shape index (κ1) is 10.4. The van der Waals surface area contributed by atoms with Crippen LogP contribution in [-0.2, 0) is 18.1 Å². The van der Waals surface area contributed by atoms with Gasteiger partial charge in [0.05, 0.1) is 11.4 Å². The summed E-state index contributed by atoms with van der Waals surface area (Å²) in [4.78, 5) is 0. The Labute approximate surface area is 96.2 Å². The van der Waals surface area contributed by atoms with E-state index in [1.54, 1.807) is 23.5 Å². The zero-order valence-corrected chi connectivity index (χ0v) is 10.5. The summed E-state index contributed by atoms with van der Waals surface area (Å²) in [5, 5.41) is 8.29. The summed E-state index contributed by atoms with van der Waals surface area (Å²) in [6.45, 7) is 0.636. The highest BCUT2D eigenvalue weighted by atomic mass is 32.2. The highest BCUT2D eigenvalue weighted by Crippen LogP contribution is 2.16. The predicted octanol–water partition coefficient (Wildman–Crippen LogP) is 1.06. The summed E-state index contributed by atoms with van der Waals surface area (Å²) in [7, 11) is 1.87. The van der Waals surface area contributed by atoms with Crippen LogP contribution in [0, 0.1) is 0 Å². The van der Waals surface area contributed by atoms with Crippen LogP contribution in [0.3, 0.4) is 0 Å². The molecule has 0 bridgehead atoms. The van der Waals surface area contributed by atoms with Gasteiger partial charge >= 0.3 is 0 Å². The molecule has 0 saturated heterocycles. The number of hydrogen-bond acceptors (Lipinski definition) is 4. The molecule has 0 aliphatic rings. The van der Waals surface area contributed by atoms with Gasteiger partial charge in [0.2, 0.25) is 0 Å². The SMILES string of the molecule is [2H]C(B)Cn1nnc(CSC)c1CSC. The molecular weight excluding hydrogens is 213 g/mol. The lowest BCUT2D eigenvalue weighted by molar-refractivity contribution is 0.609. The van der Waals surface area contributed by atoms with E-state index in [2.05, 4.69) is 22.8 Å².